The van der Waals surface area contributed by atoms with E-state index in [1.165, 1.54) is 4.90 Å². The molecule has 2 aromatic rings. The Hall–Kier alpha value is -3.39. The highest BCUT2D eigenvalue weighted by molar-refractivity contribution is 6.05. The summed E-state index contributed by atoms with van der Waals surface area (Å²) in [6.45, 7) is 0. The highest BCUT2D eigenvalue weighted by Crippen LogP contribution is 2.10. The Morgan fingerprint density at radius 2 is 1.67 bits per heavy atom. The molecule has 2 amide bonds. The smallest absolute Gasteiger partial charge is 0.269 e. The molecule has 0 saturated carbocycles. The molecule has 0 saturated heterocycles. The van der Waals surface area contributed by atoms with Gasteiger partial charge < -0.3 is 10.2 Å². The van der Waals surface area contributed by atoms with Gasteiger partial charge in [-0.25, -0.2) is 0 Å². The lowest BCUT2D eigenvalue weighted by atomic mass is 10.1. The lowest BCUT2D eigenvalue weighted by Crippen LogP contribution is -2.34. The predicted octanol–water partition coefficient (Wildman–Crippen LogP) is 2.42. The molecule has 0 heterocycles. The van der Waals surface area contributed by atoms with Crippen molar-refractivity contribution in [3.8, 4) is 6.07 Å². The van der Waals surface area contributed by atoms with Crippen LogP contribution in [-0.2, 0) is 4.79 Å². The van der Waals surface area contributed by atoms with Crippen molar-refractivity contribution in [2.75, 3.05) is 14.1 Å². The predicted molar refractivity (Wildman–Crippen MR) is 91.7 cm³/mol. The molecule has 0 aromatic heterocycles. The second kappa shape index (κ2) is 7.75. The molecule has 0 atom stereocenters. The van der Waals surface area contributed by atoms with Crippen molar-refractivity contribution in [2.45, 2.75) is 0 Å². The molecule has 5 heteroatoms. The number of hydrogen-bond acceptors (Lipinski definition) is 3. The molecule has 1 N–H and O–H groups in total. The van der Waals surface area contributed by atoms with Gasteiger partial charge in [-0.3, -0.25) is 9.59 Å². The van der Waals surface area contributed by atoms with E-state index in [0.29, 0.717) is 16.7 Å². The third-order valence-corrected chi connectivity index (χ3v) is 3.27. The Morgan fingerprint density at radius 3 is 2.21 bits per heavy atom. The second-order valence-corrected chi connectivity index (χ2v) is 5.31. The summed E-state index contributed by atoms with van der Waals surface area (Å²) < 4.78 is 0. The topological polar surface area (TPSA) is 73.2 Å². The number of hydrogen-bond donors (Lipinski definition) is 1. The van der Waals surface area contributed by atoms with Crippen LogP contribution < -0.4 is 5.32 Å². The number of benzene rings is 2. The van der Waals surface area contributed by atoms with E-state index in [4.69, 9.17) is 5.26 Å². The van der Waals surface area contributed by atoms with E-state index in [-0.39, 0.29) is 17.5 Å². The fraction of sp³-hybridized carbons (Fsp3) is 0.105. The summed E-state index contributed by atoms with van der Waals surface area (Å²) in [6.07, 6.45) is 1.59. The van der Waals surface area contributed by atoms with Crippen LogP contribution in [-0.4, -0.2) is 30.8 Å². The number of nitriles is 1. The molecule has 0 bridgehead atoms. The van der Waals surface area contributed by atoms with Crippen molar-refractivity contribution in [2.24, 2.45) is 0 Å². The molecule has 5 nitrogen and oxygen atoms in total. The SMILES string of the molecule is CN(C)C(=O)/C(=C\c1ccc(C#N)cc1)NC(=O)c1ccccc1. The van der Waals surface area contributed by atoms with Crippen LogP contribution in [0.3, 0.4) is 0 Å². The molecule has 0 aliphatic rings. The maximum absolute atomic E-state index is 12.3. The Morgan fingerprint density at radius 1 is 1.04 bits per heavy atom. The van der Waals surface area contributed by atoms with Crippen molar-refractivity contribution in [3.63, 3.8) is 0 Å². The van der Waals surface area contributed by atoms with Crippen LogP contribution >= 0.6 is 0 Å². The Balaban J connectivity index is 2.30. The van der Waals surface area contributed by atoms with Crippen LogP contribution in [0.4, 0.5) is 0 Å². The van der Waals surface area contributed by atoms with E-state index in [1.807, 2.05) is 12.1 Å². The number of carbonyl (C=O) groups excluding carboxylic acids is 2. The van der Waals surface area contributed by atoms with Crippen molar-refractivity contribution in [1.82, 2.24) is 10.2 Å². The van der Waals surface area contributed by atoms with Gasteiger partial charge in [-0.2, -0.15) is 5.26 Å². The molecule has 0 unspecified atom stereocenters. The molecule has 24 heavy (non-hydrogen) atoms. The van der Waals surface area contributed by atoms with Crippen molar-refractivity contribution >= 4 is 17.9 Å². The summed E-state index contributed by atoms with van der Waals surface area (Å²) >= 11 is 0. The minimum absolute atomic E-state index is 0.165. The van der Waals surface area contributed by atoms with E-state index in [1.54, 1.807) is 68.7 Å². The number of nitrogens with zero attached hydrogens (tertiary/aromatic N) is 2. The first-order valence-corrected chi connectivity index (χ1v) is 7.31. The molecular formula is C19H17N3O2. The van der Waals surface area contributed by atoms with Gasteiger partial charge in [0.05, 0.1) is 11.6 Å². The van der Waals surface area contributed by atoms with Crippen molar-refractivity contribution in [3.05, 3.63) is 77.0 Å². The molecule has 2 rings (SSSR count). The van der Waals surface area contributed by atoms with E-state index in [9.17, 15) is 9.59 Å². The number of amides is 2. The van der Waals surface area contributed by atoms with E-state index in [0.717, 1.165) is 0 Å². The van der Waals surface area contributed by atoms with E-state index < -0.39 is 0 Å². The highest BCUT2D eigenvalue weighted by atomic mass is 16.2. The maximum Gasteiger partial charge on any atom is 0.269 e. The Bertz CT molecular complexity index is 801. The highest BCUT2D eigenvalue weighted by Gasteiger charge is 2.16. The van der Waals surface area contributed by atoms with Gasteiger partial charge >= 0.3 is 0 Å². The second-order valence-electron chi connectivity index (χ2n) is 5.31. The van der Waals surface area contributed by atoms with E-state index in [2.05, 4.69) is 5.32 Å². The molecule has 0 aliphatic carbocycles. The van der Waals surface area contributed by atoms with Crippen molar-refractivity contribution < 1.29 is 9.59 Å². The van der Waals surface area contributed by atoms with Crippen LogP contribution in [0.2, 0.25) is 0 Å². The third kappa shape index (κ3) is 4.31. The first-order chi connectivity index (χ1) is 11.5. The first-order valence-electron chi connectivity index (χ1n) is 7.31. The summed E-state index contributed by atoms with van der Waals surface area (Å²) in [5.41, 5.74) is 1.88. The summed E-state index contributed by atoms with van der Waals surface area (Å²) in [7, 11) is 3.23. The molecule has 0 aliphatic heterocycles. The zero-order valence-electron chi connectivity index (χ0n) is 13.5. The van der Waals surface area contributed by atoms with Crippen LogP contribution in [0.25, 0.3) is 6.08 Å². The van der Waals surface area contributed by atoms with Gasteiger partial charge in [0.2, 0.25) is 0 Å². The standard InChI is InChI=1S/C19H17N3O2/c1-22(2)19(24)17(12-14-8-10-15(13-20)11-9-14)21-18(23)16-6-4-3-5-7-16/h3-12H,1-2H3,(H,21,23)/b17-12+. The number of nitrogens with one attached hydrogen (secondary N) is 1. The summed E-state index contributed by atoms with van der Waals surface area (Å²) in [5, 5.41) is 11.5. The zero-order chi connectivity index (χ0) is 17.5. The van der Waals surface area contributed by atoms with Gasteiger partial charge in [0.1, 0.15) is 5.70 Å². The molecule has 0 radical (unpaired) electrons. The lowest BCUT2D eigenvalue weighted by molar-refractivity contribution is -0.124. The van der Waals surface area contributed by atoms with Gasteiger partial charge in [-0.15, -0.1) is 0 Å². The van der Waals surface area contributed by atoms with E-state index >= 15 is 0 Å². The van der Waals surface area contributed by atoms with Gasteiger partial charge in [-0.1, -0.05) is 30.3 Å². The average Bonchev–Trinajstić information content (AvgIpc) is 2.61. The molecule has 120 valence electrons. The number of likely N-dealkylation sites (N-methyl/N-ethyl adjacent to an activating group) is 1. The average molecular weight is 319 g/mol. The molecule has 0 spiro atoms. The largest absolute Gasteiger partial charge is 0.344 e. The minimum atomic E-state index is -0.356. The summed E-state index contributed by atoms with van der Waals surface area (Å²) in [4.78, 5) is 26.0. The summed E-state index contributed by atoms with van der Waals surface area (Å²) in [5.74, 6) is -0.672. The lowest BCUT2D eigenvalue weighted by Gasteiger charge is -2.15. The maximum atomic E-state index is 12.3. The van der Waals surface area contributed by atoms with Gasteiger partial charge in [0, 0.05) is 19.7 Å². The normalized spacial score (nSPS) is 10.6. The van der Waals surface area contributed by atoms with Crippen molar-refractivity contribution in [1.29, 1.82) is 5.26 Å². The van der Waals surface area contributed by atoms with Gasteiger partial charge in [0.25, 0.3) is 11.8 Å². The minimum Gasteiger partial charge on any atom is -0.344 e. The quantitative estimate of drug-likeness (QED) is 0.880. The van der Waals surface area contributed by atoms with Crippen LogP contribution in [0.1, 0.15) is 21.5 Å². The molecule has 2 aromatic carbocycles. The summed E-state index contributed by atoms with van der Waals surface area (Å²) in [6, 6.07) is 17.5. The fourth-order valence-electron chi connectivity index (χ4n) is 2.00. The van der Waals surface area contributed by atoms with Crippen LogP contribution in [0.5, 0.6) is 0 Å². The van der Waals surface area contributed by atoms with Crippen LogP contribution in [0.15, 0.2) is 60.3 Å². The Labute approximate surface area is 140 Å². The van der Waals surface area contributed by atoms with Gasteiger partial charge in [0.15, 0.2) is 0 Å². The number of carbonyl (C=O) groups is 2. The Kier molecular flexibility index (Phi) is 5.48. The third-order valence-electron chi connectivity index (χ3n) is 3.27. The monoisotopic (exact) mass is 319 g/mol. The molecule has 0 fully saturated rings. The number of rotatable bonds is 4. The van der Waals surface area contributed by atoms with Crippen LogP contribution in [0, 0.1) is 11.3 Å². The van der Waals surface area contributed by atoms with Gasteiger partial charge in [-0.05, 0) is 35.9 Å². The zero-order valence-corrected chi connectivity index (χ0v) is 13.5. The fourth-order valence-corrected chi connectivity index (χ4v) is 2.00. The first kappa shape index (κ1) is 17.0. The molecular weight excluding hydrogens is 302 g/mol.